The predicted molar refractivity (Wildman–Crippen MR) is 50.3 cm³/mol. The van der Waals surface area contributed by atoms with E-state index < -0.39 is 0 Å². The maximum atomic E-state index is 3.56. The van der Waals surface area contributed by atoms with Gasteiger partial charge < -0.3 is 10.6 Å². The zero-order valence-corrected chi connectivity index (χ0v) is 7.48. The Morgan fingerprint density at radius 2 is 2.18 bits per heavy atom. The van der Waals surface area contributed by atoms with Crippen LogP contribution >= 0.6 is 0 Å². The molecule has 0 radical (unpaired) electrons. The van der Waals surface area contributed by atoms with E-state index in [1.165, 1.54) is 5.70 Å². The molecule has 0 aliphatic rings. The molecule has 0 atom stereocenters. The van der Waals surface area contributed by atoms with E-state index in [9.17, 15) is 0 Å². The molecule has 0 saturated carbocycles. The molecular formula is C9H18N2. The molecule has 0 aromatic rings. The first-order valence-corrected chi connectivity index (χ1v) is 4.06. The second-order valence-electron chi connectivity index (χ2n) is 2.38. The SMILES string of the molecule is C=CNCCN/C(C)=C/CC. The zero-order valence-electron chi connectivity index (χ0n) is 7.48. The Morgan fingerprint density at radius 3 is 2.73 bits per heavy atom. The van der Waals surface area contributed by atoms with E-state index in [1.807, 2.05) is 0 Å². The molecule has 0 aromatic heterocycles. The standard InChI is InChI=1S/C9H18N2/c1-4-6-9(3)11-8-7-10-5-2/h5-6,10-11H,2,4,7-8H2,1,3H3/b9-6+. The van der Waals surface area contributed by atoms with Crippen molar-refractivity contribution in [3.63, 3.8) is 0 Å². The summed E-state index contributed by atoms with van der Waals surface area (Å²) in [7, 11) is 0. The van der Waals surface area contributed by atoms with Gasteiger partial charge in [0.15, 0.2) is 0 Å². The van der Waals surface area contributed by atoms with Gasteiger partial charge in [-0.2, -0.15) is 0 Å². The highest BCUT2D eigenvalue weighted by atomic mass is 14.9. The second-order valence-corrected chi connectivity index (χ2v) is 2.38. The summed E-state index contributed by atoms with van der Waals surface area (Å²) in [6.45, 7) is 9.65. The van der Waals surface area contributed by atoms with Crippen molar-refractivity contribution >= 4 is 0 Å². The summed E-state index contributed by atoms with van der Waals surface area (Å²) in [5, 5.41) is 6.29. The van der Waals surface area contributed by atoms with Gasteiger partial charge in [-0.1, -0.05) is 19.6 Å². The lowest BCUT2D eigenvalue weighted by molar-refractivity contribution is 0.737. The summed E-state index contributed by atoms with van der Waals surface area (Å²) < 4.78 is 0. The molecule has 0 spiro atoms. The molecular weight excluding hydrogens is 136 g/mol. The molecule has 0 bridgehead atoms. The minimum absolute atomic E-state index is 0.929. The third kappa shape index (κ3) is 6.97. The van der Waals surface area contributed by atoms with Crippen LogP contribution in [0.15, 0.2) is 24.6 Å². The van der Waals surface area contributed by atoms with Crippen LogP contribution in [0.2, 0.25) is 0 Å². The van der Waals surface area contributed by atoms with Crippen LogP contribution in [-0.2, 0) is 0 Å². The average Bonchev–Trinajstić information content (AvgIpc) is 1.99. The van der Waals surface area contributed by atoms with Crippen molar-refractivity contribution in [3.05, 3.63) is 24.6 Å². The Morgan fingerprint density at radius 1 is 1.45 bits per heavy atom. The first kappa shape index (κ1) is 10.1. The maximum Gasteiger partial charge on any atom is 0.0317 e. The fourth-order valence-electron chi connectivity index (χ4n) is 0.812. The highest BCUT2D eigenvalue weighted by Crippen LogP contribution is 1.87. The Balaban J connectivity index is 3.23. The normalized spacial score (nSPS) is 10.9. The van der Waals surface area contributed by atoms with Crippen LogP contribution in [0.25, 0.3) is 0 Å². The number of allylic oxidation sites excluding steroid dienone is 2. The zero-order chi connectivity index (χ0) is 8.53. The number of rotatable bonds is 6. The Hall–Kier alpha value is -0.920. The number of hydrogen-bond donors (Lipinski definition) is 2. The first-order chi connectivity index (χ1) is 5.31. The first-order valence-electron chi connectivity index (χ1n) is 4.06. The van der Waals surface area contributed by atoms with E-state index >= 15 is 0 Å². The van der Waals surface area contributed by atoms with Crippen molar-refractivity contribution in [2.45, 2.75) is 20.3 Å². The molecule has 0 aliphatic heterocycles. The van der Waals surface area contributed by atoms with E-state index in [4.69, 9.17) is 0 Å². The Kier molecular flexibility index (Phi) is 6.59. The monoisotopic (exact) mass is 154 g/mol. The summed E-state index contributed by atoms with van der Waals surface area (Å²) in [4.78, 5) is 0. The third-order valence-corrected chi connectivity index (χ3v) is 1.33. The van der Waals surface area contributed by atoms with Crippen molar-refractivity contribution in [3.8, 4) is 0 Å². The maximum absolute atomic E-state index is 3.56. The quantitative estimate of drug-likeness (QED) is 0.568. The minimum atomic E-state index is 0.929. The van der Waals surface area contributed by atoms with Crippen LogP contribution in [0.5, 0.6) is 0 Å². The molecule has 0 saturated heterocycles. The summed E-state index contributed by atoms with van der Waals surface area (Å²) in [6, 6.07) is 0. The van der Waals surface area contributed by atoms with Gasteiger partial charge in [-0.15, -0.1) is 0 Å². The van der Waals surface area contributed by atoms with Crippen molar-refractivity contribution in [2.75, 3.05) is 13.1 Å². The van der Waals surface area contributed by atoms with Crippen LogP contribution in [-0.4, -0.2) is 13.1 Å². The van der Waals surface area contributed by atoms with Gasteiger partial charge in [0.05, 0.1) is 0 Å². The number of hydrogen-bond acceptors (Lipinski definition) is 2. The number of nitrogens with one attached hydrogen (secondary N) is 2. The van der Waals surface area contributed by atoms with Crippen LogP contribution in [0.1, 0.15) is 20.3 Å². The van der Waals surface area contributed by atoms with Gasteiger partial charge >= 0.3 is 0 Å². The summed E-state index contributed by atoms with van der Waals surface area (Å²) in [5.74, 6) is 0. The largest absolute Gasteiger partial charge is 0.390 e. The molecule has 0 unspecified atom stereocenters. The molecule has 11 heavy (non-hydrogen) atoms. The molecule has 0 fully saturated rings. The summed E-state index contributed by atoms with van der Waals surface area (Å²) >= 11 is 0. The molecule has 0 amide bonds. The van der Waals surface area contributed by atoms with E-state index in [2.05, 4.69) is 37.1 Å². The van der Waals surface area contributed by atoms with Crippen molar-refractivity contribution in [1.29, 1.82) is 0 Å². The lowest BCUT2D eigenvalue weighted by atomic mass is 10.3. The minimum Gasteiger partial charge on any atom is -0.390 e. The van der Waals surface area contributed by atoms with E-state index in [1.54, 1.807) is 6.20 Å². The Labute approximate surface area is 69.4 Å². The van der Waals surface area contributed by atoms with Gasteiger partial charge in [-0.05, 0) is 19.5 Å². The molecule has 0 rings (SSSR count). The molecule has 2 nitrogen and oxygen atoms in total. The Bertz CT molecular complexity index is 128. The average molecular weight is 154 g/mol. The second kappa shape index (κ2) is 7.19. The molecule has 0 heterocycles. The molecule has 2 heteroatoms. The van der Waals surface area contributed by atoms with Gasteiger partial charge in [-0.3, -0.25) is 0 Å². The fourth-order valence-corrected chi connectivity index (χ4v) is 0.812. The lowest BCUT2D eigenvalue weighted by Gasteiger charge is -2.05. The predicted octanol–water partition coefficient (Wildman–Crippen LogP) is 1.62. The lowest BCUT2D eigenvalue weighted by Crippen LogP contribution is -2.22. The molecule has 2 N–H and O–H groups in total. The van der Waals surface area contributed by atoms with E-state index in [0.29, 0.717) is 0 Å². The summed E-state index contributed by atoms with van der Waals surface area (Å²) in [6.07, 6.45) is 4.97. The van der Waals surface area contributed by atoms with E-state index in [0.717, 1.165) is 19.5 Å². The van der Waals surface area contributed by atoms with Crippen molar-refractivity contribution in [1.82, 2.24) is 10.6 Å². The topological polar surface area (TPSA) is 24.1 Å². The third-order valence-electron chi connectivity index (χ3n) is 1.33. The fraction of sp³-hybridized carbons (Fsp3) is 0.556. The van der Waals surface area contributed by atoms with Gasteiger partial charge in [0, 0.05) is 18.8 Å². The van der Waals surface area contributed by atoms with Gasteiger partial charge in [0.2, 0.25) is 0 Å². The van der Waals surface area contributed by atoms with Crippen LogP contribution in [0.4, 0.5) is 0 Å². The smallest absolute Gasteiger partial charge is 0.0317 e. The summed E-state index contributed by atoms with van der Waals surface area (Å²) in [5.41, 5.74) is 1.25. The van der Waals surface area contributed by atoms with Gasteiger partial charge in [0.1, 0.15) is 0 Å². The van der Waals surface area contributed by atoms with Gasteiger partial charge in [0.25, 0.3) is 0 Å². The van der Waals surface area contributed by atoms with Crippen LogP contribution in [0, 0.1) is 0 Å². The molecule has 0 aromatic carbocycles. The van der Waals surface area contributed by atoms with Crippen molar-refractivity contribution < 1.29 is 0 Å². The van der Waals surface area contributed by atoms with Crippen LogP contribution < -0.4 is 10.6 Å². The highest BCUT2D eigenvalue weighted by molar-refractivity contribution is 4.94. The molecule has 64 valence electrons. The van der Waals surface area contributed by atoms with E-state index in [-0.39, 0.29) is 0 Å². The van der Waals surface area contributed by atoms with Crippen molar-refractivity contribution in [2.24, 2.45) is 0 Å². The van der Waals surface area contributed by atoms with Crippen LogP contribution in [0.3, 0.4) is 0 Å². The highest BCUT2D eigenvalue weighted by Gasteiger charge is 1.84. The van der Waals surface area contributed by atoms with Gasteiger partial charge in [-0.25, -0.2) is 0 Å². The molecule has 0 aliphatic carbocycles.